The van der Waals surface area contributed by atoms with Crippen LogP contribution in [-0.2, 0) is 14.3 Å². The molecule has 1 atom stereocenters. The van der Waals surface area contributed by atoms with Crippen LogP contribution in [0.2, 0.25) is 0 Å². The Labute approximate surface area is 111 Å². The van der Waals surface area contributed by atoms with Crippen LogP contribution < -0.4 is 5.32 Å². The Bertz CT molecular complexity index is 268. The highest BCUT2D eigenvalue weighted by atomic mass is 35.5. The van der Waals surface area contributed by atoms with E-state index in [4.69, 9.17) is 16.3 Å². The van der Waals surface area contributed by atoms with Crippen LogP contribution >= 0.6 is 23.4 Å². The van der Waals surface area contributed by atoms with E-state index in [9.17, 15) is 9.59 Å². The van der Waals surface area contributed by atoms with Crippen LogP contribution in [0.3, 0.4) is 0 Å². The van der Waals surface area contributed by atoms with Crippen molar-refractivity contribution in [2.24, 2.45) is 0 Å². The number of carbonyl (C=O) groups is 2. The van der Waals surface area contributed by atoms with Crippen molar-refractivity contribution in [3.63, 3.8) is 0 Å². The first kappa shape index (κ1) is 16.4. The van der Waals surface area contributed by atoms with Gasteiger partial charge in [0.15, 0.2) is 0 Å². The Balaban J connectivity index is 4.32. The largest absolute Gasteiger partial charge is 0.467 e. The minimum absolute atomic E-state index is 0.337. The van der Waals surface area contributed by atoms with Gasteiger partial charge in [-0.2, -0.15) is 0 Å². The van der Waals surface area contributed by atoms with E-state index in [-0.39, 0.29) is 0 Å². The minimum Gasteiger partial charge on any atom is -0.467 e. The second-order valence-electron chi connectivity index (χ2n) is 4.20. The van der Waals surface area contributed by atoms with Crippen LogP contribution in [0.4, 0.5) is 4.79 Å². The van der Waals surface area contributed by atoms with Crippen molar-refractivity contribution in [2.75, 3.05) is 18.1 Å². The molecule has 0 aromatic heterocycles. The number of hydrogen-bond acceptors (Lipinski definition) is 5. The summed E-state index contributed by atoms with van der Waals surface area (Å²) in [5.74, 6) is -0.177. The number of carbonyl (C=O) groups excluding carboxylic acids is 2. The van der Waals surface area contributed by atoms with Gasteiger partial charge in [0.1, 0.15) is 11.6 Å². The maximum absolute atomic E-state index is 11.5. The Morgan fingerprint density at radius 3 is 2.41 bits per heavy atom. The van der Waals surface area contributed by atoms with E-state index in [1.165, 1.54) is 18.9 Å². The molecular formula is C10H18ClNO4S. The van der Waals surface area contributed by atoms with E-state index >= 15 is 0 Å². The molecule has 1 N–H and O–H groups in total. The van der Waals surface area contributed by atoms with Crippen LogP contribution in [0.15, 0.2) is 0 Å². The Morgan fingerprint density at radius 2 is 2.00 bits per heavy atom. The number of nitrogens with one attached hydrogen (secondary N) is 1. The molecule has 1 amide bonds. The summed E-state index contributed by atoms with van der Waals surface area (Å²) >= 11 is 6.82. The van der Waals surface area contributed by atoms with Gasteiger partial charge in [-0.15, -0.1) is 23.4 Å². The van der Waals surface area contributed by atoms with Crippen molar-refractivity contribution >= 4 is 35.4 Å². The number of alkyl carbamates (subject to hydrolysis) is 1. The van der Waals surface area contributed by atoms with E-state index in [0.717, 1.165) is 0 Å². The first-order valence-corrected chi connectivity index (χ1v) is 6.70. The molecule has 0 fully saturated rings. The molecule has 0 aliphatic rings. The first-order valence-electron chi connectivity index (χ1n) is 5.01. The highest BCUT2D eigenvalue weighted by Gasteiger charge is 2.24. The minimum atomic E-state index is -0.751. The average Bonchev–Trinajstić information content (AvgIpc) is 2.20. The van der Waals surface area contributed by atoms with Crippen LogP contribution in [0.1, 0.15) is 20.8 Å². The summed E-state index contributed by atoms with van der Waals surface area (Å²) in [5.41, 5.74) is -0.607. The number of thioether (sulfide) groups is 1. The molecule has 0 aliphatic carbocycles. The maximum Gasteiger partial charge on any atom is 0.408 e. The number of ether oxygens (including phenoxy) is 2. The number of esters is 1. The van der Waals surface area contributed by atoms with Crippen molar-refractivity contribution in [3.05, 3.63) is 0 Å². The summed E-state index contributed by atoms with van der Waals surface area (Å²) < 4.78 is 9.62. The predicted molar refractivity (Wildman–Crippen MR) is 68.4 cm³/mol. The number of rotatable bonds is 5. The third-order valence-corrected chi connectivity index (χ3v) is 2.72. The molecule has 5 nitrogen and oxygen atoms in total. The molecule has 1 unspecified atom stereocenters. The third kappa shape index (κ3) is 8.15. The first-order chi connectivity index (χ1) is 7.80. The number of methoxy groups -OCH3 is 1. The Morgan fingerprint density at radius 1 is 1.41 bits per heavy atom. The van der Waals surface area contributed by atoms with Gasteiger partial charge in [0.2, 0.25) is 0 Å². The second-order valence-corrected chi connectivity index (χ2v) is 5.82. The zero-order chi connectivity index (χ0) is 13.5. The molecule has 0 spiro atoms. The number of alkyl halides is 1. The zero-order valence-corrected chi connectivity index (χ0v) is 12.0. The summed E-state index contributed by atoms with van der Waals surface area (Å²) in [7, 11) is 1.26. The fourth-order valence-corrected chi connectivity index (χ4v) is 1.73. The zero-order valence-electron chi connectivity index (χ0n) is 10.4. The highest BCUT2D eigenvalue weighted by Crippen LogP contribution is 2.09. The molecular weight excluding hydrogens is 266 g/mol. The van der Waals surface area contributed by atoms with E-state index in [1.807, 2.05) is 0 Å². The molecule has 0 aliphatic heterocycles. The van der Waals surface area contributed by atoms with Gasteiger partial charge in [0, 0.05) is 5.75 Å². The summed E-state index contributed by atoms with van der Waals surface area (Å²) in [6, 6.07) is -0.751. The molecule has 17 heavy (non-hydrogen) atoms. The Kier molecular flexibility index (Phi) is 7.38. The van der Waals surface area contributed by atoms with Crippen molar-refractivity contribution in [1.29, 1.82) is 0 Å². The number of halogens is 1. The number of amides is 1. The summed E-state index contributed by atoms with van der Waals surface area (Å²) in [6.07, 6.45) is -0.650. The molecule has 0 radical (unpaired) electrons. The topological polar surface area (TPSA) is 64.6 Å². The van der Waals surface area contributed by atoms with Crippen molar-refractivity contribution in [3.8, 4) is 0 Å². The lowest BCUT2D eigenvalue weighted by Crippen LogP contribution is -2.45. The molecule has 0 aromatic rings. The quantitative estimate of drug-likeness (QED) is 0.617. The maximum atomic E-state index is 11.5. The molecule has 0 saturated carbocycles. The SMILES string of the molecule is COC(=O)C(CSCCl)NC(=O)OC(C)(C)C. The molecule has 0 saturated heterocycles. The lowest BCUT2D eigenvalue weighted by molar-refractivity contribution is -0.142. The van der Waals surface area contributed by atoms with E-state index in [1.54, 1.807) is 20.8 Å². The lowest BCUT2D eigenvalue weighted by Gasteiger charge is -2.22. The molecule has 0 heterocycles. The normalized spacial score (nSPS) is 12.8. The van der Waals surface area contributed by atoms with E-state index in [2.05, 4.69) is 10.1 Å². The van der Waals surface area contributed by atoms with Gasteiger partial charge in [-0.1, -0.05) is 0 Å². The van der Waals surface area contributed by atoms with Crippen LogP contribution in [0.25, 0.3) is 0 Å². The monoisotopic (exact) mass is 283 g/mol. The fourth-order valence-electron chi connectivity index (χ4n) is 0.923. The van der Waals surface area contributed by atoms with Crippen molar-refractivity contribution in [1.82, 2.24) is 5.32 Å². The van der Waals surface area contributed by atoms with E-state index in [0.29, 0.717) is 11.0 Å². The fraction of sp³-hybridized carbons (Fsp3) is 0.800. The molecule has 0 rings (SSSR count). The summed E-state index contributed by atoms with van der Waals surface area (Å²) in [6.45, 7) is 5.23. The molecule has 0 bridgehead atoms. The van der Waals surface area contributed by atoms with E-state index < -0.39 is 23.7 Å². The predicted octanol–water partition coefficient (Wildman–Crippen LogP) is 1.98. The third-order valence-electron chi connectivity index (χ3n) is 1.54. The summed E-state index contributed by atoms with van der Waals surface area (Å²) in [5, 5.41) is 2.78. The van der Waals surface area contributed by atoms with Crippen LogP contribution in [-0.4, -0.2) is 41.8 Å². The van der Waals surface area contributed by atoms with Crippen LogP contribution in [0.5, 0.6) is 0 Å². The Hall–Kier alpha value is -0.620. The molecule has 100 valence electrons. The lowest BCUT2D eigenvalue weighted by atomic mass is 10.2. The standard InChI is InChI=1S/C10H18ClNO4S/c1-10(2,3)16-9(14)12-7(5-17-6-11)8(13)15-4/h7H,5-6H2,1-4H3,(H,12,14). The van der Waals surface area contributed by atoms with Gasteiger partial charge < -0.3 is 14.8 Å². The van der Waals surface area contributed by atoms with Crippen LogP contribution in [0, 0.1) is 0 Å². The van der Waals surface area contributed by atoms with Crippen molar-refractivity contribution < 1.29 is 19.1 Å². The van der Waals surface area contributed by atoms with Gasteiger partial charge in [-0.3, -0.25) is 0 Å². The number of hydrogen-bond donors (Lipinski definition) is 1. The van der Waals surface area contributed by atoms with Gasteiger partial charge in [0.05, 0.1) is 12.3 Å². The van der Waals surface area contributed by atoms with Gasteiger partial charge in [0.25, 0.3) is 0 Å². The van der Waals surface area contributed by atoms with Gasteiger partial charge >= 0.3 is 12.1 Å². The van der Waals surface area contributed by atoms with Crippen molar-refractivity contribution in [2.45, 2.75) is 32.4 Å². The molecule has 0 aromatic carbocycles. The van der Waals surface area contributed by atoms with Gasteiger partial charge in [-0.05, 0) is 20.8 Å². The highest BCUT2D eigenvalue weighted by molar-refractivity contribution is 8.00. The smallest absolute Gasteiger partial charge is 0.408 e. The molecule has 7 heteroatoms. The second kappa shape index (κ2) is 7.66. The average molecular weight is 284 g/mol. The van der Waals surface area contributed by atoms with Gasteiger partial charge in [-0.25, -0.2) is 9.59 Å². The summed E-state index contributed by atoms with van der Waals surface area (Å²) in [4.78, 5) is 22.8.